The number of aromatic nitrogens is 2. The van der Waals surface area contributed by atoms with Crippen molar-refractivity contribution in [1.29, 1.82) is 0 Å². The van der Waals surface area contributed by atoms with Gasteiger partial charge in [-0.3, -0.25) is 0 Å². The van der Waals surface area contributed by atoms with Crippen molar-refractivity contribution in [2.45, 2.75) is 45.8 Å². The molecule has 0 spiro atoms. The van der Waals surface area contributed by atoms with Crippen molar-refractivity contribution < 1.29 is 19.4 Å². The molecule has 7 nitrogen and oxygen atoms in total. The predicted molar refractivity (Wildman–Crippen MR) is 113 cm³/mol. The number of hydrogen-bond donors (Lipinski definition) is 1. The first-order valence-corrected chi connectivity index (χ1v) is 10.5. The Hall–Kier alpha value is -2.67. The van der Waals surface area contributed by atoms with Crippen LogP contribution in [0.2, 0.25) is 0 Å². The van der Waals surface area contributed by atoms with E-state index in [-0.39, 0.29) is 12.1 Å². The van der Waals surface area contributed by atoms with Crippen LogP contribution >= 0.6 is 0 Å². The molecule has 30 heavy (non-hydrogen) atoms. The van der Waals surface area contributed by atoms with Crippen LogP contribution in [0, 0.1) is 32.6 Å². The lowest BCUT2D eigenvalue weighted by atomic mass is 9.78. The van der Waals surface area contributed by atoms with Crippen LogP contribution in [0.4, 0.5) is 5.82 Å². The zero-order valence-corrected chi connectivity index (χ0v) is 18.0. The van der Waals surface area contributed by atoms with Crippen molar-refractivity contribution in [3.8, 4) is 5.75 Å². The molecule has 0 bridgehead atoms. The molecule has 4 rings (SSSR count). The number of rotatable bonds is 4. The molecule has 0 radical (unpaired) electrons. The van der Waals surface area contributed by atoms with Crippen molar-refractivity contribution in [3.05, 3.63) is 46.9 Å². The summed E-state index contributed by atoms with van der Waals surface area (Å²) in [6.07, 6.45) is 0.740. The Morgan fingerprint density at radius 2 is 1.73 bits per heavy atom. The average molecular weight is 412 g/mol. The molecular weight excluding hydrogens is 382 g/mol. The third-order valence-corrected chi connectivity index (χ3v) is 6.42. The van der Waals surface area contributed by atoms with Gasteiger partial charge >= 0.3 is 5.97 Å². The zero-order valence-electron chi connectivity index (χ0n) is 18.0. The first kappa shape index (κ1) is 20.6. The first-order valence-electron chi connectivity index (χ1n) is 10.5. The Kier molecular flexibility index (Phi) is 5.64. The number of methoxy groups -OCH3 is 1. The summed E-state index contributed by atoms with van der Waals surface area (Å²) in [6, 6.07) is 6.86. The lowest BCUT2D eigenvalue weighted by Gasteiger charge is -2.35. The summed E-state index contributed by atoms with van der Waals surface area (Å²) in [5, 5.41) is 10.7. The average Bonchev–Trinajstić information content (AvgIpc) is 3.13. The Morgan fingerprint density at radius 3 is 2.40 bits per heavy atom. The number of aryl methyl sites for hydroxylation is 2. The van der Waals surface area contributed by atoms with Crippen molar-refractivity contribution in [1.82, 2.24) is 9.97 Å². The fourth-order valence-corrected chi connectivity index (χ4v) is 4.71. The van der Waals surface area contributed by atoms with E-state index in [2.05, 4.69) is 16.8 Å². The number of benzene rings is 1. The van der Waals surface area contributed by atoms with Crippen molar-refractivity contribution in [3.63, 3.8) is 0 Å². The lowest BCUT2D eigenvalue weighted by molar-refractivity contribution is -0.0231. The second-order valence-electron chi connectivity index (χ2n) is 8.44. The van der Waals surface area contributed by atoms with E-state index < -0.39 is 6.10 Å². The van der Waals surface area contributed by atoms with Crippen molar-refractivity contribution in [2.75, 3.05) is 25.1 Å². The van der Waals surface area contributed by atoms with E-state index >= 15 is 0 Å². The van der Waals surface area contributed by atoms with Gasteiger partial charge in [-0.05, 0) is 69.7 Å². The molecule has 1 saturated heterocycles. The number of hydrogen-bond acceptors (Lipinski definition) is 7. The number of ether oxygens (including phenoxy) is 2. The molecule has 160 valence electrons. The summed E-state index contributed by atoms with van der Waals surface area (Å²) in [5.41, 5.74) is 2.62. The summed E-state index contributed by atoms with van der Waals surface area (Å²) in [7, 11) is 1.36. The van der Waals surface area contributed by atoms with Crippen LogP contribution in [0.25, 0.3) is 0 Å². The predicted octanol–water partition coefficient (Wildman–Crippen LogP) is 2.84. The fraction of sp³-hybridized carbons (Fsp3) is 0.522. The van der Waals surface area contributed by atoms with Crippen LogP contribution in [0.3, 0.4) is 0 Å². The molecule has 1 aromatic carbocycles. The van der Waals surface area contributed by atoms with Gasteiger partial charge in [-0.1, -0.05) is 0 Å². The van der Waals surface area contributed by atoms with Gasteiger partial charge < -0.3 is 19.5 Å². The van der Waals surface area contributed by atoms with Crippen LogP contribution in [-0.4, -0.2) is 53.5 Å². The van der Waals surface area contributed by atoms with E-state index in [0.717, 1.165) is 42.4 Å². The number of anilines is 1. The molecule has 1 N–H and O–H groups in total. The van der Waals surface area contributed by atoms with E-state index in [9.17, 15) is 9.90 Å². The molecule has 1 aliphatic heterocycles. The number of aliphatic hydroxyl groups is 1. The molecule has 0 amide bonds. The van der Waals surface area contributed by atoms with Gasteiger partial charge in [0.15, 0.2) is 0 Å². The van der Waals surface area contributed by atoms with Crippen LogP contribution in [0.15, 0.2) is 24.3 Å². The molecule has 7 heteroatoms. The van der Waals surface area contributed by atoms with Crippen LogP contribution in [-0.2, 0) is 4.74 Å². The highest BCUT2D eigenvalue weighted by Crippen LogP contribution is 2.40. The number of esters is 1. The quantitative estimate of drug-likeness (QED) is 0.775. The van der Waals surface area contributed by atoms with Gasteiger partial charge in [0.1, 0.15) is 23.5 Å². The second-order valence-corrected chi connectivity index (χ2v) is 8.44. The molecule has 2 aromatic rings. The molecule has 1 aromatic heterocycles. The maximum atomic E-state index is 11.6. The molecule has 0 unspecified atom stereocenters. The number of fused-ring (bicyclic) bond motifs is 1. The van der Waals surface area contributed by atoms with E-state index in [1.165, 1.54) is 7.11 Å². The first-order chi connectivity index (χ1) is 14.4. The monoisotopic (exact) mass is 411 g/mol. The maximum Gasteiger partial charge on any atom is 0.337 e. The van der Waals surface area contributed by atoms with E-state index in [1.807, 2.05) is 13.8 Å². The maximum absolute atomic E-state index is 11.6. The molecule has 2 fully saturated rings. The van der Waals surface area contributed by atoms with Crippen LogP contribution in [0.1, 0.15) is 40.3 Å². The Labute approximate surface area is 177 Å². The minimum Gasteiger partial charge on any atom is -0.488 e. The van der Waals surface area contributed by atoms with Gasteiger partial charge in [0.25, 0.3) is 0 Å². The molecule has 1 saturated carbocycles. The smallest absolute Gasteiger partial charge is 0.337 e. The SMILES string of the molecule is COC(=O)c1ccc(O[C@@H]2C[C@@H]3CN(c4nc(C)nc(C)c4C)C[C@@H]3C[C@H]2O)cc1. The highest BCUT2D eigenvalue weighted by atomic mass is 16.5. The normalized spacial score (nSPS) is 25.7. The number of carbonyl (C=O) groups excluding carboxylic acids is 1. The van der Waals surface area contributed by atoms with Gasteiger partial charge in [-0.15, -0.1) is 0 Å². The minimum atomic E-state index is -0.513. The minimum absolute atomic E-state index is 0.259. The van der Waals surface area contributed by atoms with Gasteiger partial charge in [0, 0.05) is 24.3 Å². The summed E-state index contributed by atoms with van der Waals surface area (Å²) >= 11 is 0. The largest absolute Gasteiger partial charge is 0.488 e. The lowest BCUT2D eigenvalue weighted by Crippen LogP contribution is -2.42. The highest BCUT2D eigenvalue weighted by Gasteiger charge is 2.43. The Morgan fingerprint density at radius 1 is 1.07 bits per heavy atom. The molecule has 4 atom stereocenters. The Bertz CT molecular complexity index is 931. The standard InChI is InChI=1S/C23H29N3O4/c1-13-14(2)24-15(3)25-22(13)26-11-17-9-20(27)21(10-18(17)12-26)30-19-7-5-16(6-8-19)23(28)29-4/h5-8,17-18,20-21,27H,9-12H2,1-4H3/t17-,18+,20+,21+/m0/s1. The second kappa shape index (κ2) is 8.22. The fourth-order valence-electron chi connectivity index (χ4n) is 4.71. The third kappa shape index (κ3) is 3.99. The van der Waals surface area contributed by atoms with E-state index in [4.69, 9.17) is 14.5 Å². The highest BCUT2D eigenvalue weighted by molar-refractivity contribution is 5.89. The van der Waals surface area contributed by atoms with Gasteiger partial charge in [-0.25, -0.2) is 14.8 Å². The van der Waals surface area contributed by atoms with E-state index in [0.29, 0.717) is 29.6 Å². The number of nitrogens with zero attached hydrogens (tertiary/aromatic N) is 3. The molecule has 1 aliphatic carbocycles. The summed E-state index contributed by atoms with van der Waals surface area (Å²) in [6.45, 7) is 7.84. The third-order valence-electron chi connectivity index (χ3n) is 6.42. The molecular formula is C23H29N3O4. The number of carbonyl (C=O) groups is 1. The van der Waals surface area contributed by atoms with E-state index in [1.54, 1.807) is 24.3 Å². The topological polar surface area (TPSA) is 84.8 Å². The Balaban J connectivity index is 1.44. The zero-order chi connectivity index (χ0) is 21.4. The summed E-state index contributed by atoms with van der Waals surface area (Å²) in [5.74, 6) is 2.95. The van der Waals surface area contributed by atoms with Crippen molar-refractivity contribution in [2.24, 2.45) is 11.8 Å². The van der Waals surface area contributed by atoms with Crippen LogP contribution < -0.4 is 9.64 Å². The molecule has 2 heterocycles. The summed E-state index contributed by atoms with van der Waals surface area (Å²) in [4.78, 5) is 23.1. The van der Waals surface area contributed by atoms with Gasteiger partial charge in [-0.2, -0.15) is 0 Å². The van der Waals surface area contributed by atoms with Gasteiger partial charge in [0.05, 0.1) is 18.8 Å². The number of aliphatic hydroxyl groups excluding tert-OH is 1. The molecule has 2 aliphatic rings. The summed E-state index contributed by atoms with van der Waals surface area (Å²) < 4.78 is 10.8. The van der Waals surface area contributed by atoms with Crippen molar-refractivity contribution >= 4 is 11.8 Å². The van der Waals surface area contributed by atoms with Crippen LogP contribution in [0.5, 0.6) is 5.75 Å². The van der Waals surface area contributed by atoms with Gasteiger partial charge in [0.2, 0.25) is 0 Å².